The Kier molecular flexibility index (Phi) is 6.40. The molecular formula is C27H33NO4. The van der Waals surface area contributed by atoms with Crippen LogP contribution in [-0.4, -0.2) is 41.5 Å². The average molecular weight is 436 g/mol. The van der Waals surface area contributed by atoms with Crippen molar-refractivity contribution in [1.29, 1.82) is 0 Å². The fourth-order valence-electron chi connectivity index (χ4n) is 4.84. The second-order valence-electron chi connectivity index (χ2n) is 9.51. The molecule has 0 saturated carbocycles. The van der Waals surface area contributed by atoms with Gasteiger partial charge in [0.1, 0.15) is 5.60 Å². The van der Waals surface area contributed by atoms with Gasteiger partial charge in [0.15, 0.2) is 0 Å². The number of aliphatic hydroxyl groups is 1. The summed E-state index contributed by atoms with van der Waals surface area (Å²) in [6, 6.07) is 18.1. The smallest absolute Gasteiger partial charge is 0.411 e. The molecule has 2 aliphatic rings. The van der Waals surface area contributed by atoms with E-state index in [0.717, 1.165) is 24.2 Å². The van der Waals surface area contributed by atoms with Crippen LogP contribution in [0.1, 0.15) is 62.8 Å². The molecule has 0 aromatic heterocycles. The van der Waals surface area contributed by atoms with E-state index in [-0.39, 0.29) is 12.1 Å². The van der Waals surface area contributed by atoms with Crippen molar-refractivity contribution in [2.45, 2.75) is 57.3 Å². The van der Waals surface area contributed by atoms with E-state index < -0.39 is 11.2 Å². The van der Waals surface area contributed by atoms with E-state index >= 15 is 0 Å². The molecule has 0 radical (unpaired) electrons. The predicted molar refractivity (Wildman–Crippen MR) is 125 cm³/mol. The molecule has 2 aromatic rings. The number of amides is 1. The maximum atomic E-state index is 13.2. The van der Waals surface area contributed by atoms with Crippen LogP contribution in [-0.2, 0) is 15.1 Å². The van der Waals surface area contributed by atoms with Crippen LogP contribution in [0.5, 0.6) is 0 Å². The highest BCUT2D eigenvalue weighted by atomic mass is 16.6. The third kappa shape index (κ3) is 4.89. The van der Waals surface area contributed by atoms with Crippen LogP contribution >= 0.6 is 0 Å². The largest absolute Gasteiger partial charge is 0.438 e. The molecule has 0 bridgehead atoms. The van der Waals surface area contributed by atoms with E-state index in [1.54, 1.807) is 18.7 Å². The Morgan fingerprint density at radius 1 is 1.12 bits per heavy atom. The van der Waals surface area contributed by atoms with E-state index in [2.05, 4.69) is 30.3 Å². The summed E-state index contributed by atoms with van der Waals surface area (Å²) >= 11 is 0. The molecule has 2 aromatic carbocycles. The Labute approximate surface area is 190 Å². The van der Waals surface area contributed by atoms with E-state index in [1.165, 1.54) is 11.1 Å². The van der Waals surface area contributed by atoms with Gasteiger partial charge in [-0.2, -0.15) is 0 Å². The monoisotopic (exact) mass is 435 g/mol. The Morgan fingerprint density at radius 3 is 2.44 bits per heavy atom. The van der Waals surface area contributed by atoms with E-state index in [0.29, 0.717) is 26.0 Å². The first-order valence-corrected chi connectivity index (χ1v) is 11.4. The van der Waals surface area contributed by atoms with Crippen LogP contribution in [0.25, 0.3) is 5.57 Å². The molecule has 1 fully saturated rings. The number of cyclic esters (lactones) is 1. The summed E-state index contributed by atoms with van der Waals surface area (Å²) in [5, 5.41) is 10.6. The molecule has 2 heterocycles. The summed E-state index contributed by atoms with van der Waals surface area (Å²) in [6.07, 6.45) is 3.70. The molecule has 32 heavy (non-hydrogen) atoms. The van der Waals surface area contributed by atoms with Gasteiger partial charge in [-0.15, -0.1) is 0 Å². The molecule has 0 spiro atoms. The predicted octanol–water partition coefficient (Wildman–Crippen LogP) is 5.45. The maximum Gasteiger partial charge on any atom is 0.411 e. The molecule has 2 aliphatic heterocycles. The Balaban J connectivity index is 1.52. The van der Waals surface area contributed by atoms with Crippen molar-refractivity contribution in [1.82, 2.24) is 4.90 Å². The van der Waals surface area contributed by atoms with Crippen molar-refractivity contribution < 1.29 is 19.4 Å². The lowest BCUT2D eigenvalue weighted by Gasteiger charge is -2.45. The van der Waals surface area contributed by atoms with Gasteiger partial charge in [0.25, 0.3) is 0 Å². The molecular weight excluding hydrogens is 402 g/mol. The van der Waals surface area contributed by atoms with Crippen LogP contribution < -0.4 is 0 Å². The lowest BCUT2D eigenvalue weighted by molar-refractivity contribution is -0.101. The quantitative estimate of drug-likeness (QED) is 0.655. The molecule has 5 nitrogen and oxygen atoms in total. The molecule has 1 amide bonds. The van der Waals surface area contributed by atoms with Gasteiger partial charge in [0.05, 0.1) is 24.9 Å². The fourth-order valence-corrected chi connectivity index (χ4v) is 4.84. The van der Waals surface area contributed by atoms with Crippen LogP contribution in [0.4, 0.5) is 4.79 Å². The average Bonchev–Trinajstić information content (AvgIpc) is 2.79. The summed E-state index contributed by atoms with van der Waals surface area (Å²) in [5.74, 6) is 0. The Hall–Kier alpha value is -2.63. The zero-order valence-electron chi connectivity index (χ0n) is 19.2. The fraction of sp³-hybridized carbons (Fsp3) is 0.444. The highest BCUT2D eigenvalue weighted by molar-refractivity contribution is 5.70. The summed E-state index contributed by atoms with van der Waals surface area (Å²) in [5.41, 5.74) is 2.74. The third-order valence-corrected chi connectivity index (χ3v) is 6.49. The first-order chi connectivity index (χ1) is 15.3. The Morgan fingerprint density at radius 2 is 1.84 bits per heavy atom. The lowest BCUT2D eigenvalue weighted by atomic mass is 9.80. The molecule has 5 heteroatoms. The van der Waals surface area contributed by atoms with Crippen molar-refractivity contribution >= 4 is 11.7 Å². The van der Waals surface area contributed by atoms with Crippen LogP contribution in [0.3, 0.4) is 0 Å². The van der Waals surface area contributed by atoms with Crippen LogP contribution in [0.15, 0.2) is 60.7 Å². The SMILES string of the molecule is C[C@@H](c1ccc(C2=CCOCC2)cc1)N1CCC(CC(C)(C)O)(c2ccccc2)OC1=O. The molecule has 1 N–H and O–H groups in total. The number of hydrogen-bond donors (Lipinski definition) is 1. The van der Waals surface area contributed by atoms with Crippen molar-refractivity contribution in [3.63, 3.8) is 0 Å². The minimum atomic E-state index is -0.960. The normalized spacial score (nSPS) is 22.8. The summed E-state index contributed by atoms with van der Waals surface area (Å²) in [4.78, 5) is 15.0. The minimum absolute atomic E-state index is 0.101. The summed E-state index contributed by atoms with van der Waals surface area (Å²) in [6.45, 7) is 7.55. The first-order valence-electron chi connectivity index (χ1n) is 11.4. The zero-order chi connectivity index (χ0) is 22.8. The number of rotatable bonds is 6. The second-order valence-corrected chi connectivity index (χ2v) is 9.51. The highest BCUT2D eigenvalue weighted by Crippen LogP contribution is 2.42. The van der Waals surface area contributed by atoms with Crippen LogP contribution in [0, 0.1) is 0 Å². The van der Waals surface area contributed by atoms with Gasteiger partial charge in [-0.3, -0.25) is 0 Å². The van der Waals surface area contributed by atoms with Gasteiger partial charge >= 0.3 is 6.09 Å². The topological polar surface area (TPSA) is 59.0 Å². The molecule has 0 aliphatic carbocycles. The van der Waals surface area contributed by atoms with Crippen molar-refractivity contribution in [2.24, 2.45) is 0 Å². The van der Waals surface area contributed by atoms with Gasteiger partial charge < -0.3 is 19.5 Å². The van der Waals surface area contributed by atoms with Gasteiger partial charge in [-0.1, -0.05) is 60.7 Å². The summed E-state index contributed by atoms with van der Waals surface area (Å²) in [7, 11) is 0. The van der Waals surface area contributed by atoms with E-state index in [4.69, 9.17) is 9.47 Å². The van der Waals surface area contributed by atoms with E-state index in [1.807, 2.05) is 37.3 Å². The minimum Gasteiger partial charge on any atom is -0.438 e. The summed E-state index contributed by atoms with van der Waals surface area (Å²) < 4.78 is 11.5. The second kappa shape index (κ2) is 9.08. The third-order valence-electron chi connectivity index (χ3n) is 6.49. The number of nitrogens with zero attached hydrogens (tertiary/aromatic N) is 1. The van der Waals surface area contributed by atoms with Crippen molar-refractivity contribution in [2.75, 3.05) is 19.8 Å². The number of ether oxygens (including phenoxy) is 2. The molecule has 1 saturated heterocycles. The van der Waals surface area contributed by atoms with Gasteiger partial charge in [0, 0.05) is 19.4 Å². The number of hydrogen-bond acceptors (Lipinski definition) is 4. The highest BCUT2D eigenvalue weighted by Gasteiger charge is 2.46. The lowest BCUT2D eigenvalue weighted by Crippen LogP contribution is -2.51. The molecule has 2 atom stereocenters. The van der Waals surface area contributed by atoms with Crippen molar-refractivity contribution in [3.05, 3.63) is 77.4 Å². The molecule has 4 rings (SSSR count). The van der Waals surface area contributed by atoms with Crippen molar-refractivity contribution in [3.8, 4) is 0 Å². The number of benzene rings is 2. The first kappa shape index (κ1) is 22.6. The van der Waals surface area contributed by atoms with Gasteiger partial charge in [-0.25, -0.2) is 4.79 Å². The standard InChI is InChI=1S/C27H33NO4/c1-20(21-9-11-22(12-10-21)23-13-17-31-18-14-23)28-16-15-27(32-25(28)29,19-26(2,3)30)24-7-5-4-6-8-24/h4-13,20,30H,14-19H2,1-3H3/t20-,27?/m0/s1. The maximum absolute atomic E-state index is 13.2. The van der Waals surface area contributed by atoms with Crippen LogP contribution in [0.2, 0.25) is 0 Å². The number of carbonyl (C=O) groups is 1. The zero-order valence-corrected chi connectivity index (χ0v) is 19.2. The number of carbonyl (C=O) groups excluding carboxylic acids is 1. The molecule has 1 unspecified atom stereocenters. The Bertz CT molecular complexity index is 961. The van der Waals surface area contributed by atoms with Gasteiger partial charge in [-0.05, 0) is 49.5 Å². The van der Waals surface area contributed by atoms with Gasteiger partial charge in [0.2, 0.25) is 0 Å². The molecule has 170 valence electrons. The van der Waals surface area contributed by atoms with E-state index in [9.17, 15) is 9.90 Å².